The Morgan fingerprint density at radius 3 is 2.71 bits per heavy atom. The van der Waals surface area contributed by atoms with Crippen molar-refractivity contribution in [3.05, 3.63) is 23.9 Å². The molecule has 2 radical (unpaired) electrons. The van der Waals surface area contributed by atoms with Gasteiger partial charge in [0.2, 0.25) is 0 Å². The third-order valence-corrected chi connectivity index (χ3v) is 0.992. The monoisotopic (exact) mass is 93.1 g/mol. The van der Waals surface area contributed by atoms with Gasteiger partial charge in [0.1, 0.15) is 0 Å². The molecule has 0 aromatic rings. The van der Waals surface area contributed by atoms with Crippen molar-refractivity contribution in [3.8, 4) is 0 Å². The van der Waals surface area contributed by atoms with E-state index in [1.807, 2.05) is 12.2 Å². The van der Waals surface area contributed by atoms with E-state index in [2.05, 4.69) is 0 Å². The lowest BCUT2D eigenvalue weighted by molar-refractivity contribution is 0.931. The van der Waals surface area contributed by atoms with Gasteiger partial charge in [-0.15, -0.1) is 0 Å². The maximum atomic E-state index is 8.72. The van der Waals surface area contributed by atoms with Gasteiger partial charge in [-0.3, -0.25) is 0 Å². The van der Waals surface area contributed by atoms with E-state index in [4.69, 9.17) is 5.73 Å². The summed E-state index contributed by atoms with van der Waals surface area (Å²) in [7, 11) is 0. The Balaban J connectivity index is 2.57. The standard InChI is InChI=1S/C6H7N/c7-6-4-2-1-3-5-6/h1-2,4H,3,5H2. The molecular formula is C6H7N. The molecule has 7 heavy (non-hydrogen) atoms. The molecule has 0 spiro atoms. The first-order valence-electron chi connectivity index (χ1n) is 2.44. The summed E-state index contributed by atoms with van der Waals surface area (Å²) < 4.78 is 0. The van der Waals surface area contributed by atoms with Gasteiger partial charge in [0.25, 0.3) is 0 Å². The fourth-order valence-electron chi connectivity index (χ4n) is 0.590. The van der Waals surface area contributed by atoms with Gasteiger partial charge in [-0.2, -0.15) is 5.73 Å². The largest absolute Gasteiger partial charge is 0.155 e. The fourth-order valence-corrected chi connectivity index (χ4v) is 0.590. The van der Waals surface area contributed by atoms with Crippen molar-refractivity contribution >= 4 is 0 Å². The molecule has 0 saturated carbocycles. The van der Waals surface area contributed by atoms with Crippen LogP contribution in [0.3, 0.4) is 0 Å². The minimum absolute atomic E-state index is 0.502. The van der Waals surface area contributed by atoms with Crippen LogP contribution in [-0.2, 0) is 0 Å². The highest BCUT2D eigenvalue weighted by Crippen LogP contribution is 2.05. The minimum atomic E-state index is 0.502. The molecule has 1 aliphatic rings. The van der Waals surface area contributed by atoms with Crippen molar-refractivity contribution in [2.45, 2.75) is 12.8 Å². The molecule has 0 aromatic heterocycles. The maximum absolute atomic E-state index is 8.72. The molecule has 1 nitrogen and oxygen atoms in total. The van der Waals surface area contributed by atoms with Crippen molar-refractivity contribution < 1.29 is 0 Å². The van der Waals surface area contributed by atoms with Crippen LogP contribution in [0.4, 0.5) is 0 Å². The quantitative estimate of drug-likeness (QED) is 0.430. The van der Waals surface area contributed by atoms with E-state index in [0.29, 0.717) is 5.70 Å². The Bertz CT molecular complexity index is 111. The average Bonchev–Trinajstić information content (AvgIpc) is 1.69. The summed E-state index contributed by atoms with van der Waals surface area (Å²) in [6.45, 7) is 0. The van der Waals surface area contributed by atoms with Gasteiger partial charge in [0.05, 0.1) is 5.70 Å². The first-order chi connectivity index (χ1) is 3.39. The van der Waals surface area contributed by atoms with Gasteiger partial charge in [-0.05, 0) is 18.9 Å². The normalized spacial score (nSPS) is 19.1. The van der Waals surface area contributed by atoms with Crippen LogP contribution < -0.4 is 5.73 Å². The Kier molecular flexibility index (Phi) is 1.16. The van der Waals surface area contributed by atoms with E-state index in [1.54, 1.807) is 6.08 Å². The van der Waals surface area contributed by atoms with Crippen LogP contribution in [0.1, 0.15) is 12.8 Å². The van der Waals surface area contributed by atoms with E-state index in [1.165, 1.54) is 0 Å². The van der Waals surface area contributed by atoms with Gasteiger partial charge >= 0.3 is 0 Å². The number of hydrogen-bond donors (Lipinski definition) is 0. The summed E-state index contributed by atoms with van der Waals surface area (Å²) >= 11 is 0. The smallest absolute Gasteiger partial charge is 0.0633 e. The maximum Gasteiger partial charge on any atom is 0.0633 e. The molecule has 0 N–H and O–H groups in total. The topological polar surface area (TPSA) is 22.3 Å². The predicted molar refractivity (Wildman–Crippen MR) is 28.6 cm³/mol. The summed E-state index contributed by atoms with van der Waals surface area (Å²) in [5, 5.41) is 0. The van der Waals surface area contributed by atoms with Gasteiger partial charge in [0, 0.05) is 0 Å². The molecule has 0 unspecified atom stereocenters. The van der Waals surface area contributed by atoms with Crippen molar-refractivity contribution in [2.75, 3.05) is 0 Å². The van der Waals surface area contributed by atoms with E-state index in [0.717, 1.165) is 12.8 Å². The third-order valence-electron chi connectivity index (χ3n) is 0.992. The summed E-state index contributed by atoms with van der Waals surface area (Å²) in [6.07, 6.45) is 7.45. The number of hydrogen-bond acceptors (Lipinski definition) is 0. The second-order valence-corrected chi connectivity index (χ2v) is 1.62. The SMILES string of the molecule is [N]C1=CC=CCC1. The van der Waals surface area contributed by atoms with Crippen molar-refractivity contribution in [1.29, 1.82) is 0 Å². The van der Waals surface area contributed by atoms with E-state index in [-0.39, 0.29) is 0 Å². The molecule has 36 valence electrons. The van der Waals surface area contributed by atoms with Crippen LogP contribution in [0.15, 0.2) is 23.9 Å². The van der Waals surface area contributed by atoms with Gasteiger partial charge in [-0.1, -0.05) is 12.2 Å². The lowest BCUT2D eigenvalue weighted by atomic mass is 10.1. The van der Waals surface area contributed by atoms with E-state index >= 15 is 0 Å². The molecule has 0 bridgehead atoms. The second-order valence-electron chi connectivity index (χ2n) is 1.62. The number of rotatable bonds is 0. The molecule has 0 heterocycles. The fraction of sp³-hybridized carbons (Fsp3) is 0.333. The molecule has 0 saturated heterocycles. The van der Waals surface area contributed by atoms with Crippen molar-refractivity contribution in [3.63, 3.8) is 0 Å². The molecular weight excluding hydrogens is 86.1 g/mol. The molecule has 1 aliphatic carbocycles. The first kappa shape index (κ1) is 4.44. The van der Waals surface area contributed by atoms with Crippen LogP contribution in [0, 0.1) is 0 Å². The van der Waals surface area contributed by atoms with Crippen LogP contribution in [0.5, 0.6) is 0 Å². The Hall–Kier alpha value is -0.720. The van der Waals surface area contributed by atoms with Crippen molar-refractivity contribution in [1.82, 2.24) is 5.73 Å². The minimum Gasteiger partial charge on any atom is -0.155 e. The number of allylic oxidation sites excluding steroid dienone is 4. The summed E-state index contributed by atoms with van der Waals surface area (Å²) in [5.41, 5.74) is 9.22. The second kappa shape index (κ2) is 1.82. The van der Waals surface area contributed by atoms with Crippen LogP contribution in [-0.4, -0.2) is 0 Å². The predicted octanol–water partition coefficient (Wildman–Crippen LogP) is 1.29. The number of nitrogens with zero attached hydrogens (tertiary/aromatic N) is 1. The third kappa shape index (κ3) is 1.07. The van der Waals surface area contributed by atoms with Crippen LogP contribution >= 0.6 is 0 Å². The lowest BCUT2D eigenvalue weighted by Gasteiger charge is -1.95. The van der Waals surface area contributed by atoms with Gasteiger partial charge in [0.15, 0.2) is 0 Å². The summed E-state index contributed by atoms with van der Waals surface area (Å²) in [5.74, 6) is 0. The molecule has 0 aromatic carbocycles. The molecule has 0 fully saturated rings. The van der Waals surface area contributed by atoms with Gasteiger partial charge < -0.3 is 0 Å². The summed E-state index contributed by atoms with van der Waals surface area (Å²) in [6, 6.07) is 0. The lowest BCUT2D eigenvalue weighted by Crippen LogP contribution is -1.84. The molecule has 0 atom stereocenters. The Morgan fingerprint density at radius 2 is 2.43 bits per heavy atom. The molecule has 0 aliphatic heterocycles. The zero-order valence-corrected chi connectivity index (χ0v) is 4.09. The van der Waals surface area contributed by atoms with Crippen LogP contribution in [0.25, 0.3) is 0 Å². The highest BCUT2D eigenvalue weighted by atomic mass is 14.6. The van der Waals surface area contributed by atoms with E-state index < -0.39 is 0 Å². The zero-order valence-electron chi connectivity index (χ0n) is 4.09. The van der Waals surface area contributed by atoms with E-state index in [9.17, 15) is 0 Å². The Labute approximate surface area is 43.5 Å². The Morgan fingerprint density at radius 1 is 1.57 bits per heavy atom. The van der Waals surface area contributed by atoms with Gasteiger partial charge in [-0.25, -0.2) is 0 Å². The zero-order chi connectivity index (χ0) is 5.11. The molecule has 1 rings (SSSR count). The highest BCUT2D eigenvalue weighted by Gasteiger charge is 1.92. The van der Waals surface area contributed by atoms with Crippen molar-refractivity contribution in [2.24, 2.45) is 0 Å². The molecule has 0 amide bonds. The first-order valence-corrected chi connectivity index (χ1v) is 2.44. The summed E-state index contributed by atoms with van der Waals surface area (Å²) in [4.78, 5) is 0. The van der Waals surface area contributed by atoms with Crippen LogP contribution in [0.2, 0.25) is 0 Å². The average molecular weight is 93.1 g/mol. The highest BCUT2D eigenvalue weighted by molar-refractivity contribution is 5.13. The molecule has 1 heteroatoms.